The number of nitrogens with zero attached hydrogens (tertiary/aromatic N) is 1. The van der Waals surface area contributed by atoms with Gasteiger partial charge in [-0.05, 0) is 23.6 Å². The molecule has 0 spiro atoms. The number of rotatable bonds is 1. The van der Waals surface area contributed by atoms with Crippen molar-refractivity contribution < 1.29 is 13.2 Å². The molecule has 7 heteroatoms. The van der Waals surface area contributed by atoms with Crippen LogP contribution >= 0.6 is 11.3 Å². The van der Waals surface area contributed by atoms with Gasteiger partial charge in [-0.3, -0.25) is 0 Å². The Kier molecular flexibility index (Phi) is 2.92. The summed E-state index contributed by atoms with van der Waals surface area (Å²) in [6.45, 7) is 0. The first-order valence-corrected chi connectivity index (χ1v) is 6.75. The number of nitrogens with two attached hydrogens (primary N) is 1. The van der Waals surface area contributed by atoms with Crippen LogP contribution in [-0.2, 0) is 6.18 Å². The molecule has 106 valence electrons. The minimum absolute atomic E-state index is 0.0910. The Bertz CT molecular complexity index is 868. The van der Waals surface area contributed by atoms with Crippen molar-refractivity contribution >= 4 is 27.9 Å². The number of nitrogen functional groups attached to an aromatic ring is 1. The first-order valence-electron chi connectivity index (χ1n) is 5.87. The van der Waals surface area contributed by atoms with E-state index in [1.165, 1.54) is 29.8 Å². The number of anilines is 1. The van der Waals surface area contributed by atoms with Crippen molar-refractivity contribution in [1.29, 1.82) is 5.26 Å². The zero-order valence-corrected chi connectivity index (χ0v) is 11.3. The summed E-state index contributed by atoms with van der Waals surface area (Å²) in [6.07, 6.45) is -2.93. The number of fused-ring (bicyclic) bond motifs is 1. The largest absolute Gasteiger partial charge is 0.426 e. The molecule has 0 fully saturated rings. The van der Waals surface area contributed by atoms with E-state index in [1.807, 2.05) is 6.07 Å². The highest BCUT2D eigenvalue weighted by Crippen LogP contribution is 2.43. The topological polar surface area (TPSA) is 65.6 Å². The highest BCUT2D eigenvalue weighted by atomic mass is 32.1. The van der Waals surface area contributed by atoms with E-state index in [4.69, 9.17) is 11.0 Å². The third kappa shape index (κ3) is 2.14. The van der Waals surface area contributed by atoms with E-state index in [9.17, 15) is 13.2 Å². The Labute approximate surface area is 121 Å². The number of benzene rings is 1. The molecule has 3 N–H and O–H groups in total. The number of hydrogen-bond donors (Lipinski definition) is 2. The third-order valence-electron chi connectivity index (χ3n) is 3.16. The fourth-order valence-electron chi connectivity index (χ4n) is 2.29. The molecule has 0 unspecified atom stereocenters. The quantitative estimate of drug-likeness (QED) is 0.656. The van der Waals surface area contributed by atoms with Crippen LogP contribution in [0.3, 0.4) is 0 Å². The number of hydrogen-bond acceptors (Lipinski definition) is 3. The Hall–Kier alpha value is -2.46. The summed E-state index contributed by atoms with van der Waals surface area (Å²) in [7, 11) is 0. The maximum atomic E-state index is 13.0. The van der Waals surface area contributed by atoms with Crippen LogP contribution in [0.2, 0.25) is 0 Å². The average molecular weight is 307 g/mol. The first kappa shape index (κ1) is 13.5. The molecule has 3 aromatic rings. The summed E-state index contributed by atoms with van der Waals surface area (Å²) in [5.74, 6) is 0. The normalized spacial score (nSPS) is 11.7. The van der Waals surface area contributed by atoms with Crippen molar-refractivity contribution in [3.05, 3.63) is 40.2 Å². The lowest BCUT2D eigenvalue weighted by Gasteiger charge is -2.07. The highest BCUT2D eigenvalue weighted by molar-refractivity contribution is 7.10. The Morgan fingerprint density at radius 3 is 2.67 bits per heavy atom. The molecule has 0 bridgehead atoms. The zero-order valence-electron chi connectivity index (χ0n) is 10.5. The molecular weight excluding hydrogens is 299 g/mol. The minimum Gasteiger partial charge on any atom is -0.397 e. The predicted molar refractivity (Wildman–Crippen MR) is 75.7 cm³/mol. The molecule has 0 aliphatic carbocycles. The molecule has 0 saturated carbocycles. The molecule has 0 amide bonds. The number of H-pyrrole nitrogens is 1. The van der Waals surface area contributed by atoms with E-state index in [0.717, 1.165) is 0 Å². The molecule has 3 rings (SSSR count). The second kappa shape index (κ2) is 4.53. The molecule has 0 aliphatic heterocycles. The molecule has 21 heavy (non-hydrogen) atoms. The summed E-state index contributed by atoms with van der Waals surface area (Å²) < 4.78 is 39.1. The Morgan fingerprint density at radius 2 is 2.00 bits per heavy atom. The summed E-state index contributed by atoms with van der Waals surface area (Å²) in [4.78, 5) is 2.21. The van der Waals surface area contributed by atoms with Crippen LogP contribution in [-0.4, -0.2) is 4.98 Å². The van der Waals surface area contributed by atoms with Gasteiger partial charge in [-0.2, -0.15) is 18.4 Å². The Balaban J connectivity index is 2.30. The lowest BCUT2D eigenvalue weighted by molar-refractivity contribution is -0.133. The van der Waals surface area contributed by atoms with E-state index in [1.54, 1.807) is 0 Å². The van der Waals surface area contributed by atoms with E-state index in [0.29, 0.717) is 39.1 Å². The molecule has 0 atom stereocenters. The molecule has 1 aromatic carbocycles. The average Bonchev–Trinajstić information content (AvgIpc) is 3.03. The van der Waals surface area contributed by atoms with Crippen LogP contribution in [0.1, 0.15) is 10.4 Å². The molecule has 0 saturated heterocycles. The van der Waals surface area contributed by atoms with Gasteiger partial charge in [0.25, 0.3) is 0 Å². The van der Waals surface area contributed by atoms with Gasteiger partial charge in [0.2, 0.25) is 0 Å². The number of aromatic nitrogens is 1. The van der Waals surface area contributed by atoms with Gasteiger partial charge >= 0.3 is 6.18 Å². The van der Waals surface area contributed by atoms with E-state index in [-0.39, 0.29) is 5.56 Å². The monoisotopic (exact) mass is 307 g/mol. The van der Waals surface area contributed by atoms with E-state index < -0.39 is 11.1 Å². The fraction of sp³-hybridized carbons (Fsp3) is 0.0714. The third-order valence-corrected chi connectivity index (χ3v) is 4.12. The summed E-state index contributed by atoms with van der Waals surface area (Å²) >= 11 is 0.642. The lowest BCUT2D eigenvalue weighted by atomic mass is 10.0. The van der Waals surface area contributed by atoms with Crippen molar-refractivity contribution in [2.75, 3.05) is 5.73 Å². The van der Waals surface area contributed by atoms with Gasteiger partial charge < -0.3 is 10.7 Å². The second-order valence-electron chi connectivity index (χ2n) is 4.46. The first-order chi connectivity index (χ1) is 9.91. The smallest absolute Gasteiger partial charge is 0.397 e. The maximum absolute atomic E-state index is 13.0. The number of alkyl halides is 3. The highest BCUT2D eigenvalue weighted by Gasteiger charge is 2.35. The van der Waals surface area contributed by atoms with Gasteiger partial charge in [-0.15, -0.1) is 11.3 Å². The van der Waals surface area contributed by atoms with Crippen molar-refractivity contribution in [3.63, 3.8) is 0 Å². The molecule has 0 radical (unpaired) electrons. The van der Waals surface area contributed by atoms with Crippen LogP contribution in [0.4, 0.5) is 18.9 Å². The van der Waals surface area contributed by atoms with Gasteiger partial charge in [0.15, 0.2) is 0 Å². The molecular formula is C14H8F3N3S. The van der Waals surface area contributed by atoms with Crippen LogP contribution in [0.5, 0.6) is 0 Å². The second-order valence-corrected chi connectivity index (χ2v) is 5.38. The molecule has 2 aromatic heterocycles. The van der Waals surface area contributed by atoms with Crippen LogP contribution in [0, 0.1) is 11.3 Å². The molecule has 3 nitrogen and oxygen atoms in total. The fourth-order valence-corrected chi connectivity index (χ4v) is 3.07. The standard InChI is InChI=1S/C14H8F3N3S/c15-14(16,17)13-8(1-2-21-13)10-6-20-12-9(10)3-7(5-18)4-11(12)19/h1-4,6,20H,19H2. The summed E-state index contributed by atoms with van der Waals surface area (Å²) in [5.41, 5.74) is 7.48. The maximum Gasteiger partial charge on any atom is 0.426 e. The van der Waals surface area contributed by atoms with Gasteiger partial charge in [0, 0.05) is 22.7 Å². The van der Waals surface area contributed by atoms with Crippen molar-refractivity contribution in [3.8, 4) is 17.2 Å². The van der Waals surface area contributed by atoms with E-state index >= 15 is 0 Å². The number of aromatic amines is 1. The lowest BCUT2D eigenvalue weighted by Crippen LogP contribution is -2.03. The number of halogens is 3. The van der Waals surface area contributed by atoms with Crippen LogP contribution < -0.4 is 5.73 Å². The number of nitriles is 1. The zero-order chi connectivity index (χ0) is 15.2. The van der Waals surface area contributed by atoms with Crippen molar-refractivity contribution in [2.24, 2.45) is 0 Å². The molecule has 0 aliphatic rings. The number of thiophene rings is 1. The van der Waals surface area contributed by atoms with Crippen molar-refractivity contribution in [2.45, 2.75) is 6.18 Å². The van der Waals surface area contributed by atoms with Gasteiger partial charge in [-0.25, -0.2) is 0 Å². The van der Waals surface area contributed by atoms with Crippen LogP contribution in [0.25, 0.3) is 22.0 Å². The minimum atomic E-state index is -4.41. The predicted octanol–water partition coefficient (Wildman–Crippen LogP) is 4.37. The SMILES string of the molecule is N#Cc1cc(N)c2[nH]cc(-c3ccsc3C(F)(F)F)c2c1. The summed E-state index contributed by atoms with van der Waals surface area (Å²) in [6, 6.07) is 6.40. The number of nitrogens with one attached hydrogen (secondary N) is 1. The van der Waals surface area contributed by atoms with Gasteiger partial charge in [-0.1, -0.05) is 0 Å². The van der Waals surface area contributed by atoms with Gasteiger partial charge in [0.05, 0.1) is 22.8 Å². The molecule has 2 heterocycles. The van der Waals surface area contributed by atoms with Gasteiger partial charge in [0.1, 0.15) is 4.88 Å². The van der Waals surface area contributed by atoms with Crippen molar-refractivity contribution in [1.82, 2.24) is 4.98 Å². The van der Waals surface area contributed by atoms with E-state index in [2.05, 4.69) is 4.98 Å². The van der Waals surface area contributed by atoms with Crippen LogP contribution in [0.15, 0.2) is 29.8 Å². The summed E-state index contributed by atoms with van der Waals surface area (Å²) in [5, 5.41) is 10.9. The Morgan fingerprint density at radius 1 is 1.24 bits per heavy atom.